The third kappa shape index (κ3) is 3.51. The van der Waals surface area contributed by atoms with E-state index in [1.807, 2.05) is 26.0 Å². The van der Waals surface area contributed by atoms with Crippen LogP contribution in [0.5, 0.6) is 5.88 Å². The van der Waals surface area contributed by atoms with Crippen molar-refractivity contribution >= 4 is 0 Å². The first-order valence-electron chi connectivity index (χ1n) is 5.41. The third-order valence-electron chi connectivity index (χ3n) is 2.36. The molecule has 1 aromatic heterocycles. The molecule has 84 valence electrons. The van der Waals surface area contributed by atoms with E-state index in [1.54, 1.807) is 0 Å². The molecule has 0 saturated carbocycles. The number of aromatic nitrogens is 1. The Labute approximate surface area is 91.1 Å². The van der Waals surface area contributed by atoms with Gasteiger partial charge in [0.25, 0.3) is 0 Å². The van der Waals surface area contributed by atoms with Crippen LogP contribution in [0, 0.1) is 6.92 Å². The highest BCUT2D eigenvalue weighted by Gasteiger charge is 2.05. The van der Waals surface area contributed by atoms with Gasteiger partial charge in [0.15, 0.2) is 0 Å². The molecule has 0 aliphatic heterocycles. The molecule has 1 heterocycles. The number of aliphatic hydroxyl groups is 1. The highest BCUT2D eigenvalue weighted by atomic mass is 16.5. The van der Waals surface area contributed by atoms with Crippen molar-refractivity contribution in [1.29, 1.82) is 0 Å². The maximum Gasteiger partial charge on any atom is 0.213 e. The normalized spacial score (nSPS) is 12.5. The molecule has 0 aliphatic rings. The zero-order chi connectivity index (χ0) is 11.3. The summed E-state index contributed by atoms with van der Waals surface area (Å²) in [5.41, 5.74) is 1.68. The van der Waals surface area contributed by atoms with Crippen molar-refractivity contribution in [1.82, 2.24) is 4.98 Å². The summed E-state index contributed by atoms with van der Waals surface area (Å²) < 4.78 is 5.64. The minimum atomic E-state index is 0.0314. The summed E-state index contributed by atoms with van der Waals surface area (Å²) in [7, 11) is 0. The first kappa shape index (κ1) is 12.0. The predicted octanol–water partition coefficient (Wildman–Crippen LogP) is 2.45. The molecule has 1 N–H and O–H groups in total. The van der Waals surface area contributed by atoms with Crippen molar-refractivity contribution < 1.29 is 9.84 Å². The lowest BCUT2D eigenvalue weighted by Crippen LogP contribution is -2.12. The molecule has 1 aromatic rings. The van der Waals surface area contributed by atoms with Crippen molar-refractivity contribution in [3.05, 3.63) is 23.4 Å². The monoisotopic (exact) mass is 209 g/mol. The lowest BCUT2D eigenvalue weighted by Gasteiger charge is -2.13. The number of pyridine rings is 1. The number of nitrogens with zero attached hydrogens (tertiary/aromatic N) is 1. The number of aryl methyl sites for hydroxylation is 1. The number of ether oxygens (including phenoxy) is 1. The van der Waals surface area contributed by atoms with Crippen molar-refractivity contribution in [3.8, 4) is 5.88 Å². The van der Waals surface area contributed by atoms with E-state index in [1.165, 1.54) is 0 Å². The van der Waals surface area contributed by atoms with Crippen LogP contribution in [0.2, 0.25) is 0 Å². The Morgan fingerprint density at radius 3 is 2.73 bits per heavy atom. The van der Waals surface area contributed by atoms with E-state index in [0.29, 0.717) is 5.88 Å². The maximum atomic E-state index is 8.99. The summed E-state index contributed by atoms with van der Waals surface area (Å²) in [5.74, 6) is 0.644. The number of hydrogen-bond donors (Lipinski definition) is 1. The zero-order valence-corrected chi connectivity index (χ0v) is 9.66. The Morgan fingerprint density at radius 2 is 2.20 bits per heavy atom. The molecule has 1 unspecified atom stereocenters. The molecule has 3 heteroatoms. The summed E-state index contributed by atoms with van der Waals surface area (Å²) in [6.07, 6.45) is 2.33. The second-order valence-corrected chi connectivity index (χ2v) is 3.77. The van der Waals surface area contributed by atoms with Gasteiger partial charge in [0.1, 0.15) is 0 Å². The quantitative estimate of drug-likeness (QED) is 0.810. The fourth-order valence-corrected chi connectivity index (χ4v) is 1.47. The van der Waals surface area contributed by atoms with Crippen LogP contribution in [0.25, 0.3) is 0 Å². The Balaban J connectivity index is 2.66. The van der Waals surface area contributed by atoms with Gasteiger partial charge in [0, 0.05) is 11.8 Å². The second-order valence-electron chi connectivity index (χ2n) is 3.77. The van der Waals surface area contributed by atoms with E-state index in [9.17, 15) is 0 Å². The highest BCUT2D eigenvalue weighted by Crippen LogP contribution is 2.15. The maximum absolute atomic E-state index is 8.99. The molecular formula is C12H19NO2. The predicted molar refractivity (Wildman–Crippen MR) is 59.9 cm³/mol. The summed E-state index contributed by atoms with van der Waals surface area (Å²) in [6.45, 7) is 6.08. The SMILES string of the molecule is CCCC(C)Oc1ccc(CO)c(C)n1. The first-order valence-corrected chi connectivity index (χ1v) is 5.41. The fraction of sp³-hybridized carbons (Fsp3) is 0.583. The first-order chi connectivity index (χ1) is 7.17. The van der Waals surface area contributed by atoms with Gasteiger partial charge in [0.05, 0.1) is 12.7 Å². The van der Waals surface area contributed by atoms with E-state index >= 15 is 0 Å². The molecular weight excluding hydrogens is 190 g/mol. The molecule has 0 spiro atoms. The lowest BCUT2D eigenvalue weighted by molar-refractivity contribution is 0.200. The van der Waals surface area contributed by atoms with Crippen LogP contribution < -0.4 is 4.74 Å². The summed E-state index contributed by atoms with van der Waals surface area (Å²) in [5, 5.41) is 8.99. The van der Waals surface area contributed by atoms with Crippen molar-refractivity contribution in [2.45, 2.75) is 46.3 Å². The molecule has 0 bridgehead atoms. The molecule has 0 aliphatic carbocycles. The average Bonchev–Trinajstić information content (AvgIpc) is 2.18. The third-order valence-corrected chi connectivity index (χ3v) is 2.36. The van der Waals surface area contributed by atoms with Crippen molar-refractivity contribution in [2.24, 2.45) is 0 Å². The van der Waals surface area contributed by atoms with E-state index in [4.69, 9.17) is 9.84 Å². The Bertz CT molecular complexity index is 312. The molecule has 15 heavy (non-hydrogen) atoms. The van der Waals surface area contributed by atoms with Crippen LogP contribution in [-0.4, -0.2) is 16.2 Å². The molecule has 1 rings (SSSR count). The van der Waals surface area contributed by atoms with Gasteiger partial charge in [-0.15, -0.1) is 0 Å². The largest absolute Gasteiger partial charge is 0.475 e. The van der Waals surface area contributed by atoms with Crippen molar-refractivity contribution in [3.63, 3.8) is 0 Å². The van der Waals surface area contributed by atoms with Gasteiger partial charge in [-0.3, -0.25) is 0 Å². The Kier molecular flexibility index (Phi) is 4.56. The van der Waals surface area contributed by atoms with Gasteiger partial charge in [0.2, 0.25) is 5.88 Å². The van der Waals surface area contributed by atoms with E-state index in [0.717, 1.165) is 24.1 Å². The van der Waals surface area contributed by atoms with Gasteiger partial charge in [-0.2, -0.15) is 0 Å². The van der Waals surface area contributed by atoms with Crippen LogP contribution in [0.15, 0.2) is 12.1 Å². The Hall–Kier alpha value is -1.09. The average molecular weight is 209 g/mol. The summed E-state index contributed by atoms with van der Waals surface area (Å²) in [6, 6.07) is 3.67. The second kappa shape index (κ2) is 5.71. The van der Waals surface area contributed by atoms with Crippen LogP contribution >= 0.6 is 0 Å². The van der Waals surface area contributed by atoms with Crippen LogP contribution in [0.1, 0.15) is 37.9 Å². The minimum absolute atomic E-state index is 0.0314. The van der Waals surface area contributed by atoms with Crippen molar-refractivity contribution in [2.75, 3.05) is 0 Å². The molecule has 1 atom stereocenters. The number of hydrogen-bond acceptors (Lipinski definition) is 3. The zero-order valence-electron chi connectivity index (χ0n) is 9.66. The van der Waals surface area contributed by atoms with E-state index in [-0.39, 0.29) is 12.7 Å². The molecule has 3 nitrogen and oxygen atoms in total. The summed E-state index contributed by atoms with van der Waals surface area (Å²) >= 11 is 0. The fourth-order valence-electron chi connectivity index (χ4n) is 1.47. The standard InChI is InChI=1S/C12H19NO2/c1-4-5-9(2)15-12-7-6-11(8-14)10(3)13-12/h6-7,9,14H,4-5,8H2,1-3H3. The topological polar surface area (TPSA) is 42.4 Å². The van der Waals surface area contributed by atoms with Gasteiger partial charge >= 0.3 is 0 Å². The van der Waals surface area contributed by atoms with Gasteiger partial charge in [-0.25, -0.2) is 4.98 Å². The number of aliphatic hydroxyl groups excluding tert-OH is 1. The van der Waals surface area contributed by atoms with Gasteiger partial charge in [-0.1, -0.05) is 13.3 Å². The minimum Gasteiger partial charge on any atom is -0.475 e. The van der Waals surface area contributed by atoms with Crippen LogP contribution in [0.3, 0.4) is 0 Å². The molecule has 0 aromatic carbocycles. The summed E-state index contributed by atoms with van der Waals surface area (Å²) in [4.78, 5) is 4.28. The van der Waals surface area contributed by atoms with Gasteiger partial charge in [-0.05, 0) is 31.9 Å². The Morgan fingerprint density at radius 1 is 1.47 bits per heavy atom. The molecule has 0 amide bonds. The van der Waals surface area contributed by atoms with Crippen LogP contribution in [-0.2, 0) is 6.61 Å². The number of rotatable bonds is 5. The van der Waals surface area contributed by atoms with E-state index in [2.05, 4.69) is 11.9 Å². The smallest absolute Gasteiger partial charge is 0.213 e. The molecule has 0 fully saturated rings. The molecule has 0 saturated heterocycles. The van der Waals surface area contributed by atoms with E-state index < -0.39 is 0 Å². The van der Waals surface area contributed by atoms with Gasteiger partial charge < -0.3 is 9.84 Å². The molecule has 0 radical (unpaired) electrons. The van der Waals surface area contributed by atoms with Crippen LogP contribution in [0.4, 0.5) is 0 Å². The lowest BCUT2D eigenvalue weighted by atomic mass is 10.2. The highest BCUT2D eigenvalue weighted by molar-refractivity contribution is 5.24.